The van der Waals surface area contributed by atoms with Gasteiger partial charge < -0.3 is 5.32 Å². The molecule has 13 heteroatoms. The van der Waals surface area contributed by atoms with Gasteiger partial charge in [-0.1, -0.05) is 19.4 Å². The number of rotatable bonds is 6. The number of hydrogen-bond acceptors (Lipinski definition) is 3. The average molecular weight is 655 g/mol. The van der Waals surface area contributed by atoms with Crippen molar-refractivity contribution >= 4 is 21.8 Å². The molecule has 2 heterocycles. The molecular weight excluding hydrogens is 633 g/mol. The first-order chi connectivity index (χ1) is 19.6. The van der Waals surface area contributed by atoms with E-state index < -0.39 is 76.9 Å². The summed E-state index contributed by atoms with van der Waals surface area (Å²) in [4.78, 5) is 17.7. The maximum absolute atomic E-state index is 15.2. The minimum atomic E-state index is -5.00. The van der Waals surface area contributed by atoms with Gasteiger partial charge in [-0.05, 0) is 76.5 Å². The van der Waals surface area contributed by atoms with E-state index in [1.54, 1.807) is 19.1 Å². The van der Waals surface area contributed by atoms with Crippen molar-refractivity contribution in [1.82, 2.24) is 20.1 Å². The molecule has 4 unspecified atom stereocenters. The van der Waals surface area contributed by atoms with E-state index in [1.807, 2.05) is 0 Å². The van der Waals surface area contributed by atoms with Crippen molar-refractivity contribution in [3.05, 3.63) is 92.5 Å². The number of benzene rings is 1. The van der Waals surface area contributed by atoms with Gasteiger partial charge in [0.05, 0.1) is 11.7 Å². The predicted molar refractivity (Wildman–Crippen MR) is 141 cm³/mol. The van der Waals surface area contributed by atoms with E-state index in [-0.39, 0.29) is 23.4 Å². The second kappa shape index (κ2) is 10.6. The normalized spacial score (nSPS) is 20.7. The number of hydrogen-bond donors (Lipinski definition) is 1. The lowest BCUT2D eigenvalue weighted by Gasteiger charge is -2.21. The number of nitrogens with one attached hydrogen (secondary N) is 1. The number of fused-ring (bicyclic) bond motifs is 3. The average Bonchev–Trinajstić information content (AvgIpc) is 3.26. The molecule has 2 aliphatic rings. The SMILES string of the molecule is C=C(C)C#Cc1ccc(Br)c(C(Cc2cc(F)cc(F)c2)NC(=O)Cn2nc(C(F)(F)F)c3c2C(F)(F)C2C(C)C32)n1. The zero-order valence-electron chi connectivity index (χ0n) is 22.1. The molecule has 1 aromatic carbocycles. The first kappa shape index (κ1) is 29.8. The van der Waals surface area contributed by atoms with Gasteiger partial charge in [0.25, 0.3) is 5.92 Å². The van der Waals surface area contributed by atoms with E-state index >= 15 is 8.78 Å². The van der Waals surface area contributed by atoms with Crippen molar-refractivity contribution in [2.24, 2.45) is 11.8 Å². The van der Waals surface area contributed by atoms with E-state index in [9.17, 15) is 26.7 Å². The van der Waals surface area contributed by atoms with Crippen LogP contribution in [0.5, 0.6) is 0 Å². The maximum atomic E-state index is 15.2. The van der Waals surface area contributed by atoms with E-state index in [1.165, 1.54) is 6.92 Å². The van der Waals surface area contributed by atoms with Crippen molar-refractivity contribution in [3.63, 3.8) is 0 Å². The van der Waals surface area contributed by atoms with Crippen LogP contribution in [0.4, 0.5) is 30.7 Å². The molecule has 0 spiro atoms. The molecule has 220 valence electrons. The van der Waals surface area contributed by atoms with E-state index in [0.717, 1.165) is 12.1 Å². The van der Waals surface area contributed by atoms with Gasteiger partial charge >= 0.3 is 6.18 Å². The van der Waals surface area contributed by atoms with Crippen LogP contribution in [0.15, 0.2) is 47.0 Å². The Kier molecular flexibility index (Phi) is 7.50. The summed E-state index contributed by atoms with van der Waals surface area (Å²) in [5, 5.41) is 5.98. The van der Waals surface area contributed by atoms with E-state index in [4.69, 9.17) is 0 Å². The van der Waals surface area contributed by atoms with Crippen LogP contribution in [0.3, 0.4) is 0 Å². The Labute approximate surface area is 244 Å². The van der Waals surface area contributed by atoms with Gasteiger partial charge in [-0.2, -0.15) is 27.1 Å². The van der Waals surface area contributed by atoms with Crippen LogP contribution in [-0.4, -0.2) is 20.7 Å². The largest absolute Gasteiger partial charge is 0.435 e. The van der Waals surface area contributed by atoms with Gasteiger partial charge in [0.1, 0.15) is 29.6 Å². The molecule has 0 saturated heterocycles. The molecule has 0 aliphatic heterocycles. The molecule has 1 N–H and O–H groups in total. The lowest BCUT2D eigenvalue weighted by Crippen LogP contribution is -2.35. The summed E-state index contributed by atoms with van der Waals surface area (Å²) in [5.74, 6) is -3.70. The molecule has 5 rings (SSSR count). The van der Waals surface area contributed by atoms with Gasteiger partial charge in [0, 0.05) is 27.9 Å². The van der Waals surface area contributed by atoms with Crippen LogP contribution in [0, 0.1) is 35.3 Å². The summed E-state index contributed by atoms with van der Waals surface area (Å²) in [6.07, 6.45) is -5.20. The van der Waals surface area contributed by atoms with Gasteiger partial charge in [0.15, 0.2) is 5.69 Å². The number of halogens is 8. The number of alkyl halides is 5. The van der Waals surface area contributed by atoms with Crippen LogP contribution >= 0.6 is 15.9 Å². The number of allylic oxidation sites excluding steroid dienone is 1. The Balaban J connectivity index is 1.50. The van der Waals surface area contributed by atoms with Crippen LogP contribution in [0.25, 0.3) is 0 Å². The molecule has 4 atom stereocenters. The topological polar surface area (TPSA) is 59.8 Å². The number of nitrogens with zero attached hydrogens (tertiary/aromatic N) is 3. The number of carbonyl (C=O) groups is 1. The third-order valence-corrected chi connectivity index (χ3v) is 7.97. The highest BCUT2D eigenvalue weighted by atomic mass is 79.9. The molecule has 1 amide bonds. The van der Waals surface area contributed by atoms with Crippen LogP contribution in [0.1, 0.15) is 59.7 Å². The molecule has 42 heavy (non-hydrogen) atoms. The van der Waals surface area contributed by atoms with Gasteiger partial charge in [-0.25, -0.2) is 13.8 Å². The molecular formula is C29H22BrF7N4O. The standard InChI is InChI=1S/C29H22BrF7N4O/c1-13(2)4-5-18-6-7-19(30)25(38-18)20(10-15-8-16(31)11-17(32)9-15)39-21(42)12-41-27-23(26(40-41)29(35,36)37)22-14(3)24(22)28(27,33)34/h6-9,11,14,20,22,24H,1,10,12H2,2-3H3,(H,39,42). The zero-order chi connectivity index (χ0) is 30.7. The molecule has 2 aromatic heterocycles. The lowest BCUT2D eigenvalue weighted by atomic mass is 10.0. The maximum Gasteiger partial charge on any atom is 0.435 e. The zero-order valence-corrected chi connectivity index (χ0v) is 23.7. The van der Waals surface area contributed by atoms with E-state index in [0.29, 0.717) is 20.8 Å². The lowest BCUT2D eigenvalue weighted by molar-refractivity contribution is -0.142. The quantitative estimate of drug-likeness (QED) is 0.234. The van der Waals surface area contributed by atoms with Gasteiger partial charge in [-0.3, -0.25) is 9.48 Å². The Morgan fingerprint density at radius 3 is 2.50 bits per heavy atom. The number of pyridine rings is 1. The highest BCUT2D eigenvalue weighted by molar-refractivity contribution is 9.10. The van der Waals surface area contributed by atoms with Crippen molar-refractivity contribution in [3.8, 4) is 11.8 Å². The Hall–Kier alpha value is -3.66. The molecule has 0 bridgehead atoms. The highest BCUT2D eigenvalue weighted by Gasteiger charge is 2.72. The van der Waals surface area contributed by atoms with E-state index in [2.05, 4.69) is 49.7 Å². The highest BCUT2D eigenvalue weighted by Crippen LogP contribution is 2.71. The smallest absolute Gasteiger partial charge is 0.346 e. The second-order valence-electron chi connectivity index (χ2n) is 10.5. The summed E-state index contributed by atoms with van der Waals surface area (Å²) in [7, 11) is 0. The summed E-state index contributed by atoms with van der Waals surface area (Å²) < 4.78 is 100. The first-order valence-corrected chi connectivity index (χ1v) is 13.5. The predicted octanol–water partition coefficient (Wildman–Crippen LogP) is 6.82. The monoisotopic (exact) mass is 654 g/mol. The second-order valence-corrected chi connectivity index (χ2v) is 11.4. The molecule has 2 aliphatic carbocycles. The number of carbonyl (C=O) groups excluding carboxylic acids is 1. The van der Waals surface area contributed by atoms with Gasteiger partial charge in [0.2, 0.25) is 5.91 Å². The number of amides is 1. The van der Waals surface area contributed by atoms with Crippen molar-refractivity contribution in [2.45, 2.75) is 50.9 Å². The van der Waals surface area contributed by atoms with Crippen LogP contribution in [-0.2, 0) is 29.9 Å². The minimum Gasteiger partial charge on any atom is -0.346 e. The Morgan fingerprint density at radius 2 is 1.88 bits per heavy atom. The van der Waals surface area contributed by atoms with Gasteiger partial charge in [-0.15, -0.1) is 0 Å². The number of aromatic nitrogens is 3. The fourth-order valence-electron chi connectivity index (χ4n) is 5.58. The van der Waals surface area contributed by atoms with Crippen molar-refractivity contribution in [1.29, 1.82) is 0 Å². The fraction of sp³-hybridized carbons (Fsp3) is 0.345. The van der Waals surface area contributed by atoms with Crippen LogP contribution in [0.2, 0.25) is 0 Å². The molecule has 0 radical (unpaired) electrons. The Morgan fingerprint density at radius 1 is 1.21 bits per heavy atom. The molecule has 3 aromatic rings. The summed E-state index contributed by atoms with van der Waals surface area (Å²) in [5.41, 5.74) is -1.78. The summed E-state index contributed by atoms with van der Waals surface area (Å²) in [6, 6.07) is 4.82. The summed E-state index contributed by atoms with van der Waals surface area (Å²) in [6.45, 7) is 5.87. The first-order valence-electron chi connectivity index (χ1n) is 12.7. The van der Waals surface area contributed by atoms with Crippen LogP contribution < -0.4 is 5.32 Å². The minimum absolute atomic E-state index is 0.130. The van der Waals surface area contributed by atoms with Crippen molar-refractivity contribution in [2.75, 3.05) is 0 Å². The fourth-order valence-corrected chi connectivity index (χ4v) is 6.08. The Bertz CT molecular complexity index is 1650. The third kappa shape index (κ3) is 5.56. The third-order valence-electron chi connectivity index (χ3n) is 7.30. The summed E-state index contributed by atoms with van der Waals surface area (Å²) >= 11 is 3.34. The molecule has 1 fully saturated rings. The molecule has 1 saturated carbocycles. The van der Waals surface area contributed by atoms with Crippen molar-refractivity contribution < 1.29 is 35.5 Å². The molecule has 5 nitrogen and oxygen atoms in total.